The van der Waals surface area contributed by atoms with Crippen LogP contribution >= 0.6 is 0 Å². The molecule has 0 bridgehead atoms. The van der Waals surface area contributed by atoms with Gasteiger partial charge in [0.2, 0.25) is 0 Å². The molecule has 0 unspecified atom stereocenters. The first-order valence-electron chi connectivity index (χ1n) is 10.4. The zero-order valence-corrected chi connectivity index (χ0v) is 16.8. The summed E-state index contributed by atoms with van der Waals surface area (Å²) in [6, 6.07) is 16.0. The lowest BCUT2D eigenvalue weighted by atomic mass is 9.77. The second kappa shape index (κ2) is 8.29. The van der Waals surface area contributed by atoms with Crippen molar-refractivity contribution in [3.63, 3.8) is 0 Å². The maximum absolute atomic E-state index is 14.4. The fourth-order valence-corrected chi connectivity index (χ4v) is 4.51. The first-order valence-corrected chi connectivity index (χ1v) is 10.4. The topological polar surface area (TPSA) is 9.23 Å². The smallest absolute Gasteiger partial charge is 0.403 e. The van der Waals surface area contributed by atoms with E-state index < -0.39 is 17.9 Å². The zero-order chi connectivity index (χ0) is 21.3. The van der Waals surface area contributed by atoms with Crippen LogP contribution in [-0.4, -0.2) is 6.36 Å². The van der Waals surface area contributed by atoms with Crippen LogP contribution in [0.4, 0.5) is 17.6 Å². The van der Waals surface area contributed by atoms with Crippen LogP contribution in [-0.2, 0) is 0 Å². The Kier molecular flexibility index (Phi) is 5.72. The van der Waals surface area contributed by atoms with Crippen molar-refractivity contribution < 1.29 is 22.3 Å². The molecular formula is C25H24F4O. The lowest BCUT2D eigenvalue weighted by molar-refractivity contribution is -0.275. The molecule has 1 saturated carbocycles. The highest BCUT2D eigenvalue weighted by Crippen LogP contribution is 2.38. The number of alkyl halides is 3. The summed E-state index contributed by atoms with van der Waals surface area (Å²) in [5.74, 6) is -0.348. The number of rotatable bonds is 4. The van der Waals surface area contributed by atoms with E-state index in [0.717, 1.165) is 23.1 Å². The van der Waals surface area contributed by atoms with Gasteiger partial charge in [-0.05, 0) is 71.7 Å². The second-order valence-corrected chi connectivity index (χ2v) is 8.11. The van der Waals surface area contributed by atoms with Crippen LogP contribution in [0.1, 0.15) is 50.5 Å². The van der Waals surface area contributed by atoms with Gasteiger partial charge in [0, 0.05) is 5.39 Å². The van der Waals surface area contributed by atoms with Gasteiger partial charge in [-0.15, -0.1) is 13.2 Å². The number of fused-ring (bicyclic) bond motifs is 1. The Morgan fingerprint density at radius 3 is 2.17 bits per heavy atom. The fourth-order valence-electron chi connectivity index (χ4n) is 4.51. The van der Waals surface area contributed by atoms with Gasteiger partial charge in [0.05, 0.1) is 0 Å². The summed E-state index contributed by atoms with van der Waals surface area (Å²) in [5, 5.41) is 0.631. The van der Waals surface area contributed by atoms with Gasteiger partial charge in [0.15, 0.2) is 11.6 Å². The first-order chi connectivity index (χ1) is 14.3. The van der Waals surface area contributed by atoms with Crippen molar-refractivity contribution in [1.82, 2.24) is 0 Å². The minimum Gasteiger partial charge on any atom is -0.403 e. The Balaban J connectivity index is 1.55. The van der Waals surface area contributed by atoms with Crippen molar-refractivity contribution in [3.05, 3.63) is 66.0 Å². The molecule has 0 spiro atoms. The molecule has 4 rings (SSSR count). The van der Waals surface area contributed by atoms with Gasteiger partial charge in [-0.25, -0.2) is 4.39 Å². The maximum atomic E-state index is 14.4. The van der Waals surface area contributed by atoms with Gasteiger partial charge in [0.25, 0.3) is 0 Å². The summed E-state index contributed by atoms with van der Waals surface area (Å²) in [6.45, 7) is 2.26. The minimum atomic E-state index is -4.92. The van der Waals surface area contributed by atoms with Crippen LogP contribution in [0.15, 0.2) is 54.6 Å². The molecule has 1 nitrogen and oxygen atoms in total. The van der Waals surface area contributed by atoms with Crippen LogP contribution in [0.5, 0.6) is 5.75 Å². The molecule has 0 amide bonds. The number of hydrogen-bond donors (Lipinski definition) is 0. The van der Waals surface area contributed by atoms with Crippen molar-refractivity contribution in [2.45, 2.75) is 51.3 Å². The SMILES string of the molecule is CCC1CCC(c2ccc(-c3ccc4c(F)c(OC(F)(F)F)ccc4c3)cc2)CC1. The van der Waals surface area contributed by atoms with Crippen LogP contribution in [0.3, 0.4) is 0 Å². The van der Waals surface area contributed by atoms with Crippen molar-refractivity contribution in [2.24, 2.45) is 5.92 Å². The molecule has 0 saturated heterocycles. The highest BCUT2D eigenvalue weighted by molar-refractivity contribution is 5.89. The van der Waals surface area contributed by atoms with Crippen molar-refractivity contribution in [1.29, 1.82) is 0 Å². The molecule has 158 valence electrons. The van der Waals surface area contributed by atoms with E-state index in [1.165, 1.54) is 49.8 Å². The molecule has 0 aliphatic heterocycles. The molecule has 3 aromatic carbocycles. The van der Waals surface area contributed by atoms with Gasteiger partial charge < -0.3 is 4.74 Å². The Morgan fingerprint density at radius 1 is 0.867 bits per heavy atom. The van der Waals surface area contributed by atoms with Crippen molar-refractivity contribution >= 4 is 10.8 Å². The zero-order valence-electron chi connectivity index (χ0n) is 16.8. The summed E-state index contributed by atoms with van der Waals surface area (Å²) < 4.78 is 55.5. The number of halogens is 4. The predicted molar refractivity (Wildman–Crippen MR) is 111 cm³/mol. The van der Waals surface area contributed by atoms with E-state index in [1.807, 2.05) is 0 Å². The molecule has 0 heterocycles. The Hall–Kier alpha value is -2.56. The lowest BCUT2D eigenvalue weighted by Gasteiger charge is -2.28. The summed E-state index contributed by atoms with van der Waals surface area (Å²) >= 11 is 0. The van der Waals surface area contributed by atoms with Crippen LogP contribution in [0.25, 0.3) is 21.9 Å². The van der Waals surface area contributed by atoms with Gasteiger partial charge >= 0.3 is 6.36 Å². The molecule has 3 aromatic rings. The Labute approximate surface area is 173 Å². The predicted octanol–water partition coefficient (Wildman–Crippen LogP) is 8.23. The molecule has 0 N–H and O–H groups in total. The minimum absolute atomic E-state index is 0.102. The van der Waals surface area contributed by atoms with E-state index in [2.05, 4.69) is 35.9 Å². The monoisotopic (exact) mass is 416 g/mol. The van der Waals surface area contributed by atoms with Gasteiger partial charge in [-0.3, -0.25) is 0 Å². The first kappa shape index (κ1) is 20.7. The van der Waals surface area contributed by atoms with Crippen molar-refractivity contribution in [2.75, 3.05) is 0 Å². The highest BCUT2D eigenvalue weighted by Gasteiger charge is 2.32. The lowest BCUT2D eigenvalue weighted by Crippen LogP contribution is -2.17. The molecule has 0 radical (unpaired) electrons. The van der Waals surface area contributed by atoms with Gasteiger partial charge in [-0.2, -0.15) is 0 Å². The average Bonchev–Trinajstić information content (AvgIpc) is 2.75. The largest absolute Gasteiger partial charge is 0.573 e. The van der Waals surface area contributed by atoms with Crippen molar-refractivity contribution in [3.8, 4) is 16.9 Å². The third kappa shape index (κ3) is 4.45. The van der Waals surface area contributed by atoms with Crippen LogP contribution < -0.4 is 4.74 Å². The molecule has 30 heavy (non-hydrogen) atoms. The molecule has 1 aliphatic rings. The third-order valence-electron chi connectivity index (χ3n) is 6.28. The summed E-state index contributed by atoms with van der Waals surface area (Å²) in [5.41, 5.74) is 3.25. The molecule has 0 atom stereocenters. The Bertz CT molecular complexity index is 1020. The fraction of sp³-hybridized carbons (Fsp3) is 0.360. The van der Waals surface area contributed by atoms with Crippen LogP contribution in [0, 0.1) is 11.7 Å². The number of benzene rings is 3. The van der Waals surface area contributed by atoms with E-state index in [-0.39, 0.29) is 5.39 Å². The van der Waals surface area contributed by atoms with Crippen LogP contribution in [0.2, 0.25) is 0 Å². The van der Waals surface area contributed by atoms with E-state index in [9.17, 15) is 17.6 Å². The summed E-state index contributed by atoms with van der Waals surface area (Å²) in [7, 11) is 0. The average molecular weight is 416 g/mol. The highest BCUT2D eigenvalue weighted by atomic mass is 19.4. The molecular weight excluding hydrogens is 392 g/mol. The van der Waals surface area contributed by atoms with E-state index >= 15 is 0 Å². The van der Waals surface area contributed by atoms with E-state index in [1.54, 1.807) is 12.1 Å². The summed E-state index contributed by atoms with van der Waals surface area (Å²) in [6.07, 6.45) is 1.38. The maximum Gasteiger partial charge on any atom is 0.573 e. The number of hydrogen-bond acceptors (Lipinski definition) is 1. The normalized spacial score (nSPS) is 19.8. The van der Waals surface area contributed by atoms with Gasteiger partial charge in [-0.1, -0.05) is 55.8 Å². The second-order valence-electron chi connectivity index (χ2n) is 8.11. The van der Waals surface area contributed by atoms with E-state index in [4.69, 9.17) is 0 Å². The Morgan fingerprint density at radius 2 is 1.53 bits per heavy atom. The summed E-state index contributed by atoms with van der Waals surface area (Å²) in [4.78, 5) is 0. The van der Waals surface area contributed by atoms with E-state index in [0.29, 0.717) is 11.3 Å². The molecule has 1 fully saturated rings. The molecule has 1 aliphatic carbocycles. The standard InChI is InChI=1S/C25H24F4O/c1-2-16-3-5-17(6-4-16)18-7-9-19(10-8-18)20-11-13-22-21(15-20)12-14-23(24(22)26)30-25(27,28)29/h7-17H,2-6H2,1H3. The van der Waals surface area contributed by atoms with Gasteiger partial charge in [0.1, 0.15) is 0 Å². The molecule has 0 aromatic heterocycles. The number of ether oxygens (including phenoxy) is 1. The molecule has 5 heteroatoms. The third-order valence-corrected chi connectivity index (χ3v) is 6.28. The quantitative estimate of drug-likeness (QED) is 0.389.